The van der Waals surface area contributed by atoms with Gasteiger partial charge in [0.15, 0.2) is 23.0 Å². The Hall–Kier alpha value is -3.90. The molecule has 0 unspecified atom stereocenters. The fourth-order valence-corrected chi connectivity index (χ4v) is 2.52. The molecule has 0 aliphatic heterocycles. The van der Waals surface area contributed by atoms with Gasteiger partial charge in [-0.15, -0.1) is 35.0 Å². The molecule has 0 aliphatic carbocycles. The van der Waals surface area contributed by atoms with E-state index in [0.717, 1.165) is 11.1 Å². The molecule has 0 saturated heterocycles. The molecule has 12 nitrogen and oxygen atoms in total. The summed E-state index contributed by atoms with van der Waals surface area (Å²) < 4.78 is 22.4. The summed E-state index contributed by atoms with van der Waals surface area (Å²) in [7, 11) is 3.13. The lowest BCUT2D eigenvalue weighted by Crippen LogP contribution is -2.21. The van der Waals surface area contributed by atoms with E-state index in [0.29, 0.717) is 42.6 Å². The van der Waals surface area contributed by atoms with E-state index < -0.39 is 0 Å². The molecule has 35 heavy (non-hydrogen) atoms. The second-order valence-electron chi connectivity index (χ2n) is 6.41. The molecule has 2 aromatic carbocycles. The maximum Gasteiger partial charge on any atom is 0.211 e. The Bertz CT molecular complexity index is 958. The number of nitrogens with zero attached hydrogens (tertiary/aromatic N) is 4. The van der Waals surface area contributed by atoms with E-state index in [1.54, 1.807) is 50.6 Å². The third-order valence-electron chi connectivity index (χ3n) is 3.94. The summed E-state index contributed by atoms with van der Waals surface area (Å²) >= 11 is 0. The first-order valence-electron chi connectivity index (χ1n) is 9.78. The predicted octanol–water partition coefficient (Wildman–Crippen LogP) is 1.61. The van der Waals surface area contributed by atoms with Crippen LogP contribution in [0, 0.1) is 0 Å². The zero-order chi connectivity index (χ0) is 24.1. The minimum atomic E-state index is -0.126. The summed E-state index contributed by atoms with van der Waals surface area (Å²) in [4.78, 5) is 0. The Morgan fingerprint density at radius 3 is 1.43 bits per heavy atom. The lowest BCUT2D eigenvalue weighted by Gasteiger charge is -2.13. The highest BCUT2D eigenvalue weighted by atomic mass is 35.5. The highest BCUT2D eigenvalue weighted by molar-refractivity contribution is 5.86. The van der Waals surface area contributed by atoms with Gasteiger partial charge < -0.3 is 41.9 Å². The zero-order valence-electron chi connectivity index (χ0n) is 19.3. The van der Waals surface area contributed by atoms with Crippen molar-refractivity contribution in [2.24, 2.45) is 43.3 Å². The molecule has 0 fully saturated rings. The summed E-state index contributed by atoms with van der Waals surface area (Å²) in [5, 5.41) is 14.7. The normalized spacial score (nSPS) is 10.1. The fraction of sp³-hybridized carbons (Fsp3) is 0.238. The zero-order valence-corrected chi connectivity index (χ0v) is 20.9. The maximum absolute atomic E-state index is 5.85. The Morgan fingerprint density at radius 1 is 0.686 bits per heavy atom. The number of guanidine groups is 2. The van der Waals surface area contributed by atoms with Crippen molar-refractivity contribution in [1.82, 2.24) is 0 Å². The first kappa shape index (κ1) is 31.1. The molecular formula is C21H30Cl2N8O4. The number of halogens is 2. The average molecular weight is 529 g/mol. The quantitative estimate of drug-likeness (QED) is 0.138. The fourth-order valence-electron chi connectivity index (χ4n) is 2.52. The SMILES string of the molecule is COc1ccc(/C=N/N=C(N)N)cc1OCCCOc1cc(/C=N/N=C(N)N)ccc1OC.Cl.Cl. The molecule has 0 saturated carbocycles. The Kier molecular flexibility index (Phi) is 14.8. The van der Waals surface area contributed by atoms with Crippen LogP contribution < -0.4 is 41.9 Å². The smallest absolute Gasteiger partial charge is 0.211 e. The van der Waals surface area contributed by atoms with Crippen molar-refractivity contribution < 1.29 is 18.9 Å². The number of hydrogen-bond acceptors (Lipinski definition) is 8. The first-order valence-corrected chi connectivity index (χ1v) is 9.78. The van der Waals surface area contributed by atoms with Crippen molar-refractivity contribution in [2.45, 2.75) is 6.42 Å². The number of hydrogen-bond donors (Lipinski definition) is 4. The highest BCUT2D eigenvalue weighted by Crippen LogP contribution is 2.29. The monoisotopic (exact) mass is 528 g/mol. The van der Waals surface area contributed by atoms with E-state index in [1.807, 2.05) is 0 Å². The minimum absolute atomic E-state index is 0. The van der Waals surface area contributed by atoms with Crippen molar-refractivity contribution in [3.05, 3.63) is 47.5 Å². The number of methoxy groups -OCH3 is 2. The second kappa shape index (κ2) is 16.7. The first-order chi connectivity index (χ1) is 15.9. The molecule has 0 atom stereocenters. The topological polar surface area (TPSA) is 190 Å². The molecule has 0 aromatic heterocycles. The van der Waals surface area contributed by atoms with Gasteiger partial charge in [0.2, 0.25) is 11.9 Å². The molecule has 0 radical (unpaired) electrons. The van der Waals surface area contributed by atoms with E-state index in [9.17, 15) is 0 Å². The molecule has 0 bridgehead atoms. The van der Waals surface area contributed by atoms with Crippen LogP contribution in [0.25, 0.3) is 0 Å². The predicted molar refractivity (Wildman–Crippen MR) is 143 cm³/mol. The standard InChI is InChI=1S/C21H28N8O4.2ClH/c1-30-16-6-4-14(12-26-28-20(22)23)10-18(16)32-8-3-9-33-19-11-15(5-7-17(19)31-2)13-27-29-21(24)25;;/h4-7,10-13H,3,8-9H2,1-2H3,(H4,22,23,28)(H4,24,25,29);2*1H/b26-12+,27-13+;;. The molecule has 2 aromatic rings. The van der Waals surface area contributed by atoms with E-state index in [4.69, 9.17) is 41.9 Å². The van der Waals surface area contributed by atoms with E-state index in [1.165, 1.54) is 12.4 Å². The van der Waals surface area contributed by atoms with Gasteiger partial charge in [-0.2, -0.15) is 10.2 Å². The van der Waals surface area contributed by atoms with Gasteiger partial charge in [-0.25, -0.2) is 0 Å². The van der Waals surface area contributed by atoms with E-state index in [2.05, 4.69) is 20.4 Å². The Labute approximate surface area is 215 Å². The number of ether oxygens (including phenoxy) is 4. The molecule has 0 spiro atoms. The van der Waals surface area contributed by atoms with Gasteiger partial charge in [0.1, 0.15) is 0 Å². The summed E-state index contributed by atoms with van der Waals surface area (Å²) in [6.45, 7) is 0.775. The highest BCUT2D eigenvalue weighted by Gasteiger charge is 2.07. The largest absolute Gasteiger partial charge is 0.493 e. The summed E-state index contributed by atoms with van der Waals surface area (Å²) in [5.74, 6) is 2.04. The van der Waals surface area contributed by atoms with Gasteiger partial charge in [-0.05, 0) is 47.5 Å². The average Bonchev–Trinajstić information content (AvgIpc) is 2.78. The van der Waals surface area contributed by atoms with Gasteiger partial charge in [0.05, 0.1) is 39.9 Å². The molecule has 14 heteroatoms. The van der Waals surface area contributed by atoms with Crippen molar-refractivity contribution in [3.63, 3.8) is 0 Å². The van der Waals surface area contributed by atoms with Gasteiger partial charge in [0, 0.05) is 6.42 Å². The van der Waals surface area contributed by atoms with Crippen LogP contribution in [0.1, 0.15) is 17.5 Å². The van der Waals surface area contributed by atoms with Crippen LogP contribution >= 0.6 is 24.8 Å². The van der Waals surface area contributed by atoms with Crippen LogP contribution in [0.3, 0.4) is 0 Å². The maximum atomic E-state index is 5.85. The van der Waals surface area contributed by atoms with Crippen molar-refractivity contribution in [2.75, 3.05) is 27.4 Å². The number of rotatable bonds is 12. The lowest BCUT2D eigenvalue weighted by molar-refractivity contribution is 0.234. The third-order valence-corrected chi connectivity index (χ3v) is 3.94. The molecule has 8 N–H and O–H groups in total. The van der Waals surface area contributed by atoms with Crippen LogP contribution in [0.4, 0.5) is 0 Å². The summed E-state index contributed by atoms with van der Waals surface area (Å²) in [5.41, 5.74) is 22.5. The number of benzene rings is 2. The lowest BCUT2D eigenvalue weighted by atomic mass is 10.2. The summed E-state index contributed by atoms with van der Waals surface area (Å²) in [6.07, 6.45) is 3.61. The Morgan fingerprint density at radius 2 is 1.09 bits per heavy atom. The van der Waals surface area contributed by atoms with Gasteiger partial charge in [-0.1, -0.05) is 0 Å². The van der Waals surface area contributed by atoms with E-state index in [-0.39, 0.29) is 36.7 Å². The van der Waals surface area contributed by atoms with Crippen LogP contribution in [-0.4, -0.2) is 51.8 Å². The Balaban J connectivity index is 0.00000578. The number of nitrogens with two attached hydrogens (primary N) is 4. The molecule has 2 rings (SSSR count). The van der Waals surface area contributed by atoms with Gasteiger partial charge >= 0.3 is 0 Å². The second-order valence-corrected chi connectivity index (χ2v) is 6.41. The molecule has 0 amide bonds. The minimum Gasteiger partial charge on any atom is -0.493 e. The summed E-state index contributed by atoms with van der Waals surface area (Å²) in [6, 6.07) is 10.7. The molecule has 0 aliphatic rings. The molecule has 192 valence electrons. The van der Waals surface area contributed by atoms with Crippen LogP contribution in [0.15, 0.2) is 56.8 Å². The van der Waals surface area contributed by atoms with E-state index >= 15 is 0 Å². The van der Waals surface area contributed by atoms with Crippen molar-refractivity contribution in [1.29, 1.82) is 0 Å². The van der Waals surface area contributed by atoms with Gasteiger partial charge in [-0.3, -0.25) is 0 Å². The van der Waals surface area contributed by atoms with Crippen LogP contribution in [0.5, 0.6) is 23.0 Å². The van der Waals surface area contributed by atoms with Crippen molar-refractivity contribution >= 4 is 49.2 Å². The van der Waals surface area contributed by atoms with Crippen LogP contribution in [0.2, 0.25) is 0 Å². The third kappa shape index (κ3) is 11.2. The van der Waals surface area contributed by atoms with Crippen LogP contribution in [-0.2, 0) is 0 Å². The van der Waals surface area contributed by atoms with Crippen molar-refractivity contribution in [3.8, 4) is 23.0 Å². The molecular weight excluding hydrogens is 499 g/mol. The van der Waals surface area contributed by atoms with Gasteiger partial charge in [0.25, 0.3) is 0 Å². The molecule has 0 heterocycles.